The van der Waals surface area contributed by atoms with Crippen LogP contribution in [0, 0.1) is 0 Å². The number of aromatic amines is 1. The van der Waals surface area contributed by atoms with Gasteiger partial charge in [-0.15, -0.1) is 0 Å². The maximum Gasteiger partial charge on any atom is 0.280 e. The minimum Gasteiger partial charge on any atom is -0.394 e. The standard InChI is InChI=1S/C10H12FN5O4/c11-4-3(1-17)20-9(6(4)18)16-2-13-5-7(16)14-10(12)15-8(5)19/h2-4,6,9,17-18H,1H2,(H3,12,14,15,19)/t3-,4+,6+,9-/m1/s1. The number of nitrogen functional groups attached to an aromatic ring is 1. The lowest BCUT2D eigenvalue weighted by molar-refractivity contribution is -0.0495. The number of alkyl halides is 1. The van der Waals surface area contributed by atoms with E-state index in [-0.39, 0.29) is 17.1 Å². The Labute approximate surface area is 110 Å². The van der Waals surface area contributed by atoms with Crippen LogP contribution in [0.25, 0.3) is 11.2 Å². The number of hydrogen-bond acceptors (Lipinski definition) is 7. The van der Waals surface area contributed by atoms with E-state index in [1.807, 2.05) is 0 Å². The number of nitrogens with one attached hydrogen (secondary N) is 1. The number of H-pyrrole nitrogens is 1. The van der Waals surface area contributed by atoms with E-state index >= 15 is 0 Å². The van der Waals surface area contributed by atoms with E-state index in [0.29, 0.717) is 0 Å². The Balaban J connectivity index is 2.09. The quantitative estimate of drug-likeness (QED) is 0.515. The van der Waals surface area contributed by atoms with E-state index < -0.39 is 36.8 Å². The number of halogens is 1. The van der Waals surface area contributed by atoms with Gasteiger partial charge in [0.25, 0.3) is 5.56 Å². The summed E-state index contributed by atoms with van der Waals surface area (Å²) in [5, 5.41) is 18.8. The molecule has 5 N–H and O–H groups in total. The molecular formula is C10H12FN5O4. The molecule has 1 aliphatic heterocycles. The van der Waals surface area contributed by atoms with Gasteiger partial charge in [-0.3, -0.25) is 14.3 Å². The van der Waals surface area contributed by atoms with Crippen LogP contribution in [0.15, 0.2) is 11.1 Å². The number of hydrogen-bond donors (Lipinski definition) is 4. The van der Waals surface area contributed by atoms with Crippen molar-refractivity contribution in [2.45, 2.75) is 24.6 Å². The zero-order chi connectivity index (χ0) is 14.4. The summed E-state index contributed by atoms with van der Waals surface area (Å²) in [6.07, 6.45) is -4.34. The van der Waals surface area contributed by atoms with E-state index in [4.69, 9.17) is 15.6 Å². The SMILES string of the molecule is Nc1nc2c(ncn2[C@@H]2O[C@H](CO)[C@H](F)[C@@H]2O)c(=O)[nH]1. The number of nitrogens with zero attached hydrogens (tertiary/aromatic N) is 3. The number of rotatable bonds is 2. The van der Waals surface area contributed by atoms with Gasteiger partial charge in [-0.1, -0.05) is 0 Å². The Kier molecular flexibility index (Phi) is 2.92. The molecule has 108 valence electrons. The van der Waals surface area contributed by atoms with Crippen molar-refractivity contribution in [3.63, 3.8) is 0 Å². The highest BCUT2D eigenvalue weighted by atomic mass is 19.1. The molecule has 0 aliphatic carbocycles. The van der Waals surface area contributed by atoms with Crippen LogP contribution < -0.4 is 11.3 Å². The fourth-order valence-electron chi connectivity index (χ4n) is 2.21. The molecule has 0 spiro atoms. The summed E-state index contributed by atoms with van der Waals surface area (Å²) in [6.45, 7) is -0.572. The minimum absolute atomic E-state index is 0.00198. The van der Waals surface area contributed by atoms with Crippen molar-refractivity contribution in [2.75, 3.05) is 12.3 Å². The second kappa shape index (κ2) is 4.51. The maximum atomic E-state index is 13.7. The Morgan fingerprint density at radius 2 is 2.35 bits per heavy atom. The fourth-order valence-corrected chi connectivity index (χ4v) is 2.21. The van der Waals surface area contributed by atoms with Gasteiger partial charge in [0.1, 0.15) is 12.2 Å². The number of ether oxygens (including phenoxy) is 1. The maximum absolute atomic E-state index is 13.7. The molecule has 0 radical (unpaired) electrons. The van der Waals surface area contributed by atoms with E-state index in [1.165, 1.54) is 10.9 Å². The van der Waals surface area contributed by atoms with Gasteiger partial charge >= 0.3 is 0 Å². The van der Waals surface area contributed by atoms with E-state index in [1.54, 1.807) is 0 Å². The van der Waals surface area contributed by atoms with Crippen LogP contribution in [0.5, 0.6) is 0 Å². The summed E-state index contributed by atoms with van der Waals surface area (Å²) in [7, 11) is 0. The Morgan fingerprint density at radius 3 is 3.00 bits per heavy atom. The highest BCUT2D eigenvalue weighted by Gasteiger charge is 2.45. The molecule has 10 heteroatoms. The third-order valence-electron chi connectivity index (χ3n) is 3.19. The van der Waals surface area contributed by atoms with Gasteiger partial charge in [0.15, 0.2) is 23.6 Å². The first-order valence-corrected chi connectivity index (χ1v) is 5.83. The molecule has 0 aromatic carbocycles. The van der Waals surface area contributed by atoms with Crippen molar-refractivity contribution >= 4 is 17.1 Å². The number of aromatic nitrogens is 4. The zero-order valence-electron chi connectivity index (χ0n) is 10.1. The molecule has 2 aromatic rings. The van der Waals surface area contributed by atoms with E-state index in [0.717, 1.165) is 0 Å². The van der Waals surface area contributed by atoms with Gasteiger partial charge in [-0.05, 0) is 0 Å². The predicted molar refractivity (Wildman–Crippen MR) is 64.5 cm³/mol. The second-order valence-electron chi connectivity index (χ2n) is 4.46. The Bertz CT molecular complexity index is 701. The molecule has 0 unspecified atom stereocenters. The Hall–Kier alpha value is -2.04. The smallest absolute Gasteiger partial charge is 0.280 e. The van der Waals surface area contributed by atoms with Gasteiger partial charge in [0.05, 0.1) is 12.9 Å². The monoisotopic (exact) mass is 285 g/mol. The number of nitrogens with two attached hydrogens (primary N) is 1. The van der Waals surface area contributed by atoms with Crippen LogP contribution in [-0.4, -0.2) is 54.7 Å². The third kappa shape index (κ3) is 1.77. The summed E-state index contributed by atoms with van der Waals surface area (Å²) < 4.78 is 20.1. The van der Waals surface area contributed by atoms with Gasteiger partial charge in [-0.2, -0.15) is 4.98 Å². The van der Waals surface area contributed by atoms with Gasteiger partial charge < -0.3 is 20.7 Å². The summed E-state index contributed by atoms with van der Waals surface area (Å²) >= 11 is 0. The molecule has 1 saturated heterocycles. The first-order valence-electron chi connectivity index (χ1n) is 5.83. The molecule has 3 rings (SSSR count). The predicted octanol–water partition coefficient (Wildman–Crippen LogP) is -1.71. The lowest BCUT2D eigenvalue weighted by Gasteiger charge is -2.15. The molecule has 1 fully saturated rings. The molecule has 1 aliphatic rings. The summed E-state index contributed by atoms with van der Waals surface area (Å²) in [6, 6.07) is 0. The molecular weight excluding hydrogens is 273 g/mol. The number of imidazole rings is 1. The lowest BCUT2D eigenvalue weighted by Crippen LogP contribution is -2.29. The number of fused-ring (bicyclic) bond motifs is 1. The van der Waals surface area contributed by atoms with Crippen molar-refractivity contribution in [3.8, 4) is 0 Å². The van der Waals surface area contributed by atoms with Crippen LogP contribution >= 0.6 is 0 Å². The van der Waals surface area contributed by atoms with Crippen molar-refractivity contribution in [1.29, 1.82) is 0 Å². The molecule has 20 heavy (non-hydrogen) atoms. The average Bonchev–Trinajstić information content (AvgIpc) is 2.93. The molecule has 4 atom stereocenters. The van der Waals surface area contributed by atoms with Crippen molar-refractivity contribution in [2.24, 2.45) is 0 Å². The van der Waals surface area contributed by atoms with E-state index in [2.05, 4.69) is 15.0 Å². The summed E-state index contributed by atoms with van der Waals surface area (Å²) in [5.74, 6) is -0.132. The normalized spacial score (nSPS) is 30.1. The van der Waals surface area contributed by atoms with Gasteiger partial charge in [-0.25, -0.2) is 9.37 Å². The highest BCUT2D eigenvalue weighted by Crippen LogP contribution is 2.32. The number of anilines is 1. The average molecular weight is 285 g/mol. The van der Waals surface area contributed by atoms with Crippen LogP contribution in [0.4, 0.5) is 10.3 Å². The zero-order valence-corrected chi connectivity index (χ0v) is 10.1. The fraction of sp³-hybridized carbons (Fsp3) is 0.500. The molecule has 9 nitrogen and oxygen atoms in total. The number of aliphatic hydroxyl groups is 2. The third-order valence-corrected chi connectivity index (χ3v) is 3.19. The minimum atomic E-state index is -1.75. The van der Waals surface area contributed by atoms with Crippen molar-refractivity contribution in [3.05, 3.63) is 16.7 Å². The van der Waals surface area contributed by atoms with Gasteiger partial charge in [0, 0.05) is 0 Å². The molecule has 0 amide bonds. The molecule has 0 saturated carbocycles. The highest BCUT2D eigenvalue weighted by molar-refractivity contribution is 5.70. The second-order valence-corrected chi connectivity index (χ2v) is 4.46. The largest absolute Gasteiger partial charge is 0.394 e. The molecule has 3 heterocycles. The van der Waals surface area contributed by atoms with Crippen LogP contribution in [-0.2, 0) is 4.74 Å². The Morgan fingerprint density at radius 1 is 1.60 bits per heavy atom. The van der Waals surface area contributed by atoms with Crippen molar-refractivity contribution < 1.29 is 19.3 Å². The van der Waals surface area contributed by atoms with Crippen LogP contribution in [0.2, 0.25) is 0 Å². The molecule has 0 bridgehead atoms. The first kappa shape index (κ1) is 13.0. The topological polar surface area (TPSA) is 139 Å². The lowest BCUT2D eigenvalue weighted by atomic mass is 10.1. The first-order chi connectivity index (χ1) is 9.52. The summed E-state index contributed by atoms with van der Waals surface area (Å²) in [5.41, 5.74) is 4.96. The van der Waals surface area contributed by atoms with E-state index in [9.17, 15) is 14.3 Å². The summed E-state index contributed by atoms with van der Waals surface area (Å²) in [4.78, 5) is 21.6. The molecule has 2 aromatic heterocycles. The van der Waals surface area contributed by atoms with Crippen molar-refractivity contribution in [1.82, 2.24) is 19.5 Å². The van der Waals surface area contributed by atoms with Crippen LogP contribution in [0.3, 0.4) is 0 Å². The number of aliphatic hydroxyl groups excluding tert-OH is 2. The van der Waals surface area contributed by atoms with Crippen LogP contribution in [0.1, 0.15) is 6.23 Å². The van der Waals surface area contributed by atoms with Gasteiger partial charge in [0.2, 0.25) is 5.95 Å².